The van der Waals surface area contributed by atoms with E-state index in [-0.39, 0.29) is 25.2 Å². The fourth-order valence-electron chi connectivity index (χ4n) is 3.41. The molecule has 0 fully saturated rings. The molecule has 0 saturated carbocycles. The zero-order valence-corrected chi connectivity index (χ0v) is 19.9. The molecule has 2 amide bonds. The van der Waals surface area contributed by atoms with E-state index in [0.717, 1.165) is 22.6 Å². The highest BCUT2D eigenvalue weighted by Gasteiger charge is 2.37. The number of hydrogen-bond donors (Lipinski definition) is 2. The number of carbonyl (C=O) groups is 2. The molecule has 0 radical (unpaired) electrons. The summed E-state index contributed by atoms with van der Waals surface area (Å²) in [5.41, 5.74) is 4.80. The lowest BCUT2D eigenvalue weighted by Gasteiger charge is -2.37. The lowest BCUT2D eigenvalue weighted by molar-refractivity contribution is -0.137. The zero-order chi connectivity index (χ0) is 26.2. The summed E-state index contributed by atoms with van der Waals surface area (Å²) in [7, 11) is 0. The number of nitrogens with two attached hydrogens (primary N) is 1. The third-order valence-electron chi connectivity index (χ3n) is 4.99. The summed E-state index contributed by atoms with van der Waals surface area (Å²) < 4.78 is 50.5. The molecule has 2 aromatic rings. The summed E-state index contributed by atoms with van der Waals surface area (Å²) in [6.07, 6.45) is -5.69. The Morgan fingerprint density at radius 2 is 1.66 bits per heavy atom. The number of hydrogen-bond acceptors (Lipinski definition) is 5. The molecule has 35 heavy (non-hydrogen) atoms. The molecule has 0 bridgehead atoms. The highest BCUT2D eigenvalue weighted by molar-refractivity contribution is 5.84. The van der Waals surface area contributed by atoms with Gasteiger partial charge >= 0.3 is 12.3 Å². The van der Waals surface area contributed by atoms with Crippen LogP contribution in [0.2, 0.25) is 0 Å². The van der Waals surface area contributed by atoms with Crippen LogP contribution in [0.4, 0.5) is 18.0 Å². The molecule has 1 unspecified atom stereocenters. The number of aliphatic hydroxyl groups is 1. The van der Waals surface area contributed by atoms with Crippen molar-refractivity contribution in [1.29, 1.82) is 0 Å². The lowest BCUT2D eigenvalue weighted by atomic mass is 10.0. The molecule has 0 aliphatic heterocycles. The van der Waals surface area contributed by atoms with Crippen LogP contribution < -0.4 is 5.73 Å². The maximum absolute atomic E-state index is 13.2. The first-order chi connectivity index (χ1) is 16.3. The van der Waals surface area contributed by atoms with Gasteiger partial charge in [-0.1, -0.05) is 48.5 Å². The van der Waals surface area contributed by atoms with E-state index < -0.39 is 48.0 Å². The minimum absolute atomic E-state index is 0.129. The van der Waals surface area contributed by atoms with Crippen LogP contribution in [0.15, 0.2) is 54.6 Å². The quantitative estimate of drug-likeness (QED) is 0.519. The molecular formula is C25H31F3N2O5. The summed E-state index contributed by atoms with van der Waals surface area (Å²) in [5.74, 6) is -0.911. The molecule has 0 aliphatic rings. The largest absolute Gasteiger partial charge is 0.444 e. The second-order valence-corrected chi connectivity index (χ2v) is 9.05. The van der Waals surface area contributed by atoms with Gasteiger partial charge in [0.15, 0.2) is 0 Å². The van der Waals surface area contributed by atoms with Crippen LogP contribution in [0.1, 0.15) is 37.5 Å². The monoisotopic (exact) mass is 496 g/mol. The molecular weight excluding hydrogens is 465 g/mol. The molecule has 7 nitrogen and oxygen atoms in total. The first-order valence-electron chi connectivity index (χ1n) is 11.0. The normalized spacial score (nSPS) is 13.7. The third kappa shape index (κ3) is 8.88. The van der Waals surface area contributed by atoms with Crippen molar-refractivity contribution in [3.05, 3.63) is 71.3 Å². The molecule has 0 spiro atoms. The van der Waals surface area contributed by atoms with E-state index in [9.17, 15) is 27.9 Å². The number of aliphatic hydroxyl groups excluding tert-OH is 1. The SMILES string of the molecule is CC(C)(C)OC(=O)N(C(COCc1ccccc1)C(N)=O)[C@@H](CO)Cc1cccc(C(F)(F)F)c1. The summed E-state index contributed by atoms with van der Waals surface area (Å²) >= 11 is 0. The van der Waals surface area contributed by atoms with Gasteiger partial charge in [-0.3, -0.25) is 9.69 Å². The molecule has 10 heteroatoms. The average Bonchev–Trinajstić information content (AvgIpc) is 2.76. The van der Waals surface area contributed by atoms with Gasteiger partial charge in [0.25, 0.3) is 0 Å². The minimum atomic E-state index is -4.56. The number of ether oxygens (including phenoxy) is 2. The molecule has 0 aliphatic carbocycles. The summed E-state index contributed by atoms with van der Waals surface area (Å²) in [4.78, 5) is 26.4. The van der Waals surface area contributed by atoms with Gasteiger partial charge in [-0.25, -0.2) is 4.79 Å². The van der Waals surface area contributed by atoms with E-state index in [2.05, 4.69) is 0 Å². The fourth-order valence-corrected chi connectivity index (χ4v) is 3.41. The van der Waals surface area contributed by atoms with Gasteiger partial charge in [-0.15, -0.1) is 0 Å². The van der Waals surface area contributed by atoms with E-state index in [1.165, 1.54) is 12.1 Å². The molecule has 2 aromatic carbocycles. The maximum Gasteiger partial charge on any atom is 0.416 e. The molecule has 0 saturated heterocycles. The van der Waals surface area contributed by atoms with Crippen molar-refractivity contribution in [3.8, 4) is 0 Å². The van der Waals surface area contributed by atoms with E-state index in [1.54, 1.807) is 20.8 Å². The van der Waals surface area contributed by atoms with Crippen molar-refractivity contribution in [2.24, 2.45) is 5.73 Å². The Bertz CT molecular complexity index is 977. The van der Waals surface area contributed by atoms with Gasteiger partial charge in [0.1, 0.15) is 11.6 Å². The van der Waals surface area contributed by atoms with E-state index in [1.807, 2.05) is 30.3 Å². The second-order valence-electron chi connectivity index (χ2n) is 9.05. The number of carbonyl (C=O) groups excluding carboxylic acids is 2. The van der Waals surface area contributed by atoms with Crippen LogP contribution in [0, 0.1) is 0 Å². The highest BCUT2D eigenvalue weighted by Crippen LogP contribution is 2.30. The standard InChI is InChI=1S/C25H31F3N2O5/c1-24(2,3)35-23(33)30(21(22(29)32)16-34-15-17-8-5-4-6-9-17)20(14-31)13-18-10-7-11-19(12-18)25(26,27)28/h4-12,20-21,31H,13-16H2,1-3H3,(H2,29,32)/t20-,21?/m1/s1. The van der Waals surface area contributed by atoms with Crippen molar-refractivity contribution < 1.29 is 37.3 Å². The number of halogens is 3. The number of nitrogens with zero attached hydrogens (tertiary/aromatic N) is 1. The van der Waals surface area contributed by atoms with E-state index in [0.29, 0.717) is 0 Å². The summed E-state index contributed by atoms with van der Waals surface area (Å²) in [5, 5.41) is 10.1. The Morgan fingerprint density at radius 1 is 1.03 bits per heavy atom. The maximum atomic E-state index is 13.2. The van der Waals surface area contributed by atoms with Crippen molar-refractivity contribution in [3.63, 3.8) is 0 Å². The van der Waals surface area contributed by atoms with Gasteiger partial charge in [0.05, 0.1) is 31.4 Å². The predicted molar refractivity (Wildman–Crippen MR) is 123 cm³/mol. The number of alkyl halides is 3. The molecule has 3 N–H and O–H groups in total. The van der Waals surface area contributed by atoms with Gasteiger partial charge in [0.2, 0.25) is 5.91 Å². The molecule has 2 atom stereocenters. The van der Waals surface area contributed by atoms with Gasteiger partial charge in [-0.05, 0) is 44.4 Å². The number of benzene rings is 2. The van der Waals surface area contributed by atoms with E-state index in [4.69, 9.17) is 15.2 Å². The van der Waals surface area contributed by atoms with Crippen molar-refractivity contribution >= 4 is 12.0 Å². The molecule has 0 aromatic heterocycles. The van der Waals surface area contributed by atoms with Crippen molar-refractivity contribution in [1.82, 2.24) is 4.90 Å². The van der Waals surface area contributed by atoms with Crippen LogP contribution in [0.5, 0.6) is 0 Å². The Balaban J connectivity index is 2.33. The second kappa shape index (κ2) is 12.0. The molecule has 2 rings (SSSR count). The Kier molecular flexibility index (Phi) is 9.67. The van der Waals surface area contributed by atoms with Crippen LogP contribution in [0.25, 0.3) is 0 Å². The Morgan fingerprint density at radius 3 is 2.20 bits per heavy atom. The first kappa shape index (κ1) is 28.1. The van der Waals surface area contributed by atoms with Gasteiger partial charge in [-0.2, -0.15) is 13.2 Å². The number of amides is 2. The number of primary amides is 1. The summed E-state index contributed by atoms with van der Waals surface area (Å²) in [6.45, 7) is 4.03. The predicted octanol–water partition coefficient (Wildman–Crippen LogP) is 3.92. The third-order valence-corrected chi connectivity index (χ3v) is 4.99. The topological polar surface area (TPSA) is 102 Å². The fraction of sp³-hybridized carbons (Fsp3) is 0.440. The van der Waals surface area contributed by atoms with Crippen LogP contribution >= 0.6 is 0 Å². The van der Waals surface area contributed by atoms with Crippen LogP contribution in [-0.2, 0) is 33.5 Å². The van der Waals surface area contributed by atoms with Crippen LogP contribution in [0.3, 0.4) is 0 Å². The highest BCUT2D eigenvalue weighted by atomic mass is 19.4. The molecule has 0 heterocycles. The first-order valence-corrected chi connectivity index (χ1v) is 11.0. The summed E-state index contributed by atoms with van der Waals surface area (Å²) in [6, 6.07) is 11.2. The number of rotatable bonds is 10. The molecule has 192 valence electrons. The van der Waals surface area contributed by atoms with Gasteiger partial charge < -0.3 is 20.3 Å². The minimum Gasteiger partial charge on any atom is -0.444 e. The van der Waals surface area contributed by atoms with Crippen molar-refractivity contribution in [2.45, 2.75) is 57.7 Å². The lowest BCUT2D eigenvalue weighted by Crippen LogP contribution is -2.57. The van der Waals surface area contributed by atoms with Gasteiger partial charge in [0, 0.05) is 0 Å². The Labute approximate surface area is 202 Å². The smallest absolute Gasteiger partial charge is 0.416 e. The van der Waals surface area contributed by atoms with E-state index >= 15 is 0 Å². The zero-order valence-electron chi connectivity index (χ0n) is 19.9. The van der Waals surface area contributed by atoms with Crippen molar-refractivity contribution in [2.75, 3.05) is 13.2 Å². The van der Waals surface area contributed by atoms with Crippen LogP contribution in [-0.4, -0.2) is 52.9 Å². The average molecular weight is 497 g/mol. The Hall–Kier alpha value is -3.11.